The van der Waals surface area contributed by atoms with Gasteiger partial charge in [-0.25, -0.2) is 11.7 Å². The summed E-state index contributed by atoms with van der Waals surface area (Å²) >= 11 is 0. The van der Waals surface area contributed by atoms with E-state index in [2.05, 4.69) is 11.7 Å². The number of phenolic OH excluding ortho intramolecular Hbond substituents is 2. The molecule has 0 fully saturated rings. The van der Waals surface area contributed by atoms with Gasteiger partial charge < -0.3 is 14.9 Å². The molecule has 0 unspecified atom stereocenters. The number of hydrogen-bond donors (Lipinski definition) is 6. The molecule has 0 aromatic heterocycles. The highest BCUT2D eigenvalue weighted by atomic mass is 16.5. The maximum atomic E-state index is 10.4. The molecule has 0 saturated heterocycles. The van der Waals surface area contributed by atoms with Crippen molar-refractivity contribution >= 4 is 11.8 Å². The Bertz CT molecular complexity index is 658. The molecule has 0 radical (unpaired) electrons. The highest BCUT2D eigenvalue weighted by Gasteiger charge is 2.08. The van der Waals surface area contributed by atoms with Crippen LogP contribution in [0.4, 0.5) is 0 Å². The van der Waals surface area contributed by atoms with E-state index in [1.165, 1.54) is 0 Å². The minimum Gasteiger partial charge on any atom is -0.508 e. The molecule has 0 aliphatic heterocycles. The number of hydrogen-bond acceptors (Lipinski definition) is 7. The molecule has 2 aromatic rings. The van der Waals surface area contributed by atoms with Crippen molar-refractivity contribution in [3.8, 4) is 11.5 Å². The van der Waals surface area contributed by atoms with E-state index in [0.717, 1.165) is 11.1 Å². The molecule has 8 N–H and O–H groups in total. The standard InChI is InChI=1S/C14H14O2.C4H10N4O3/c1-10(11-2-6-13(15)7-3-11)12-4-8-14(16)9-5-12;5-7-3(9)1-11-2-4(10)8-6/h2-10,15-16H,1H3;1-2,5-6H2,(H,7,9)(H,8,10). The van der Waals surface area contributed by atoms with Crippen molar-refractivity contribution in [2.75, 3.05) is 13.2 Å². The summed E-state index contributed by atoms with van der Waals surface area (Å²) in [6, 6.07) is 14.4. The van der Waals surface area contributed by atoms with Crippen LogP contribution in [0.2, 0.25) is 0 Å². The van der Waals surface area contributed by atoms with Gasteiger partial charge in [0.15, 0.2) is 0 Å². The predicted molar refractivity (Wildman–Crippen MR) is 99.2 cm³/mol. The average Bonchev–Trinajstić information content (AvgIpc) is 2.68. The van der Waals surface area contributed by atoms with Crippen molar-refractivity contribution in [3.63, 3.8) is 0 Å². The van der Waals surface area contributed by atoms with E-state index in [0.29, 0.717) is 0 Å². The van der Waals surface area contributed by atoms with Crippen molar-refractivity contribution in [1.82, 2.24) is 10.9 Å². The van der Waals surface area contributed by atoms with Gasteiger partial charge in [0.2, 0.25) is 0 Å². The zero-order valence-electron chi connectivity index (χ0n) is 14.9. The lowest BCUT2D eigenvalue weighted by Crippen LogP contribution is -2.37. The summed E-state index contributed by atoms with van der Waals surface area (Å²) in [5.74, 6) is 9.23. The van der Waals surface area contributed by atoms with E-state index >= 15 is 0 Å². The Morgan fingerprint density at radius 1 is 0.852 bits per heavy atom. The Morgan fingerprint density at radius 2 is 1.19 bits per heavy atom. The lowest BCUT2D eigenvalue weighted by molar-refractivity contribution is -0.131. The fourth-order valence-electron chi connectivity index (χ4n) is 2.04. The molecule has 0 atom stereocenters. The third kappa shape index (κ3) is 8.19. The molecule has 2 amide bonds. The Kier molecular flexibility index (Phi) is 9.30. The van der Waals surface area contributed by atoms with Crippen LogP contribution in [-0.4, -0.2) is 35.2 Å². The molecule has 27 heavy (non-hydrogen) atoms. The second-order valence-electron chi connectivity index (χ2n) is 5.53. The van der Waals surface area contributed by atoms with Gasteiger partial charge in [0.25, 0.3) is 11.8 Å². The number of carbonyl (C=O) groups excluding carboxylic acids is 2. The number of nitrogens with one attached hydrogen (secondary N) is 2. The maximum absolute atomic E-state index is 10.4. The summed E-state index contributed by atoms with van der Waals surface area (Å²) in [4.78, 5) is 20.7. The van der Waals surface area contributed by atoms with Crippen LogP contribution in [0, 0.1) is 0 Å². The van der Waals surface area contributed by atoms with E-state index in [4.69, 9.17) is 11.7 Å². The van der Waals surface area contributed by atoms with Gasteiger partial charge in [-0.3, -0.25) is 20.4 Å². The van der Waals surface area contributed by atoms with Gasteiger partial charge in [-0.15, -0.1) is 0 Å². The molecule has 2 aromatic carbocycles. The molecular formula is C18H24N4O5. The lowest BCUT2D eigenvalue weighted by Gasteiger charge is -2.12. The first-order valence-electron chi connectivity index (χ1n) is 8.01. The van der Waals surface area contributed by atoms with E-state index in [9.17, 15) is 19.8 Å². The van der Waals surface area contributed by atoms with Crippen LogP contribution < -0.4 is 22.5 Å². The monoisotopic (exact) mass is 376 g/mol. The SMILES string of the molecule is CC(c1ccc(O)cc1)c1ccc(O)cc1.NNC(=O)COCC(=O)NN. The van der Waals surface area contributed by atoms with Gasteiger partial charge in [-0.1, -0.05) is 31.2 Å². The van der Waals surface area contributed by atoms with Gasteiger partial charge in [-0.2, -0.15) is 0 Å². The summed E-state index contributed by atoms with van der Waals surface area (Å²) in [7, 11) is 0. The smallest absolute Gasteiger partial charge is 0.259 e. The molecule has 0 saturated carbocycles. The predicted octanol–water partition coefficient (Wildman–Crippen LogP) is 0.232. The van der Waals surface area contributed by atoms with E-state index in [-0.39, 0.29) is 30.6 Å². The third-order valence-corrected chi connectivity index (χ3v) is 3.57. The van der Waals surface area contributed by atoms with Crippen LogP contribution in [0.5, 0.6) is 11.5 Å². The van der Waals surface area contributed by atoms with Crippen LogP contribution >= 0.6 is 0 Å². The van der Waals surface area contributed by atoms with E-state index in [1.807, 2.05) is 35.1 Å². The van der Waals surface area contributed by atoms with Gasteiger partial charge in [0.05, 0.1) is 0 Å². The first-order chi connectivity index (χ1) is 12.9. The van der Waals surface area contributed by atoms with Crippen molar-refractivity contribution in [1.29, 1.82) is 0 Å². The molecule has 2 rings (SSSR count). The largest absolute Gasteiger partial charge is 0.508 e. The topological polar surface area (TPSA) is 160 Å². The molecule has 9 heteroatoms. The van der Waals surface area contributed by atoms with Gasteiger partial charge in [0, 0.05) is 5.92 Å². The molecule has 9 nitrogen and oxygen atoms in total. The number of phenols is 2. The quantitative estimate of drug-likeness (QED) is 0.239. The average molecular weight is 376 g/mol. The number of rotatable bonds is 6. The fourth-order valence-corrected chi connectivity index (χ4v) is 2.04. The van der Waals surface area contributed by atoms with Gasteiger partial charge in [-0.05, 0) is 35.4 Å². The zero-order valence-corrected chi connectivity index (χ0v) is 14.9. The number of hydrazine groups is 2. The molecule has 0 heterocycles. The number of benzene rings is 2. The highest BCUT2D eigenvalue weighted by molar-refractivity contribution is 5.78. The minimum absolute atomic E-state index is 0.251. The lowest BCUT2D eigenvalue weighted by atomic mass is 9.93. The van der Waals surface area contributed by atoms with Crippen molar-refractivity contribution in [2.24, 2.45) is 11.7 Å². The second kappa shape index (κ2) is 11.5. The number of ether oxygens (including phenoxy) is 1. The molecule has 146 valence electrons. The highest BCUT2D eigenvalue weighted by Crippen LogP contribution is 2.26. The Balaban J connectivity index is 0.000000293. The summed E-state index contributed by atoms with van der Waals surface area (Å²) in [6.07, 6.45) is 0. The van der Waals surface area contributed by atoms with Crippen molar-refractivity contribution < 1.29 is 24.5 Å². The van der Waals surface area contributed by atoms with E-state index < -0.39 is 11.8 Å². The summed E-state index contributed by atoms with van der Waals surface area (Å²) < 4.78 is 4.55. The second-order valence-corrected chi connectivity index (χ2v) is 5.53. The number of amides is 2. The molecular weight excluding hydrogens is 352 g/mol. The van der Waals surface area contributed by atoms with E-state index in [1.54, 1.807) is 24.3 Å². The molecule has 0 bridgehead atoms. The van der Waals surface area contributed by atoms with Gasteiger partial charge in [0.1, 0.15) is 24.7 Å². The fraction of sp³-hybridized carbons (Fsp3) is 0.222. The van der Waals surface area contributed by atoms with Crippen LogP contribution in [-0.2, 0) is 14.3 Å². The third-order valence-electron chi connectivity index (χ3n) is 3.57. The van der Waals surface area contributed by atoms with Crippen molar-refractivity contribution in [2.45, 2.75) is 12.8 Å². The Labute approximate surface area is 156 Å². The first kappa shape index (κ1) is 21.9. The Hall–Kier alpha value is -3.14. The maximum Gasteiger partial charge on any atom is 0.259 e. The normalized spacial score (nSPS) is 9.93. The summed E-state index contributed by atoms with van der Waals surface area (Å²) in [6.45, 7) is 1.58. The van der Waals surface area contributed by atoms with Crippen LogP contribution in [0.3, 0.4) is 0 Å². The van der Waals surface area contributed by atoms with Crippen LogP contribution in [0.1, 0.15) is 24.0 Å². The zero-order chi connectivity index (χ0) is 20.2. The number of aromatic hydroxyl groups is 2. The first-order valence-corrected chi connectivity index (χ1v) is 8.01. The number of carbonyl (C=O) groups is 2. The van der Waals surface area contributed by atoms with Crippen LogP contribution in [0.25, 0.3) is 0 Å². The molecule has 0 aliphatic rings. The Morgan fingerprint density at radius 3 is 1.48 bits per heavy atom. The molecule has 0 spiro atoms. The van der Waals surface area contributed by atoms with Gasteiger partial charge >= 0.3 is 0 Å². The summed E-state index contributed by atoms with van der Waals surface area (Å²) in [5.41, 5.74) is 5.94. The molecule has 0 aliphatic carbocycles. The summed E-state index contributed by atoms with van der Waals surface area (Å²) in [5, 5.41) is 18.4. The minimum atomic E-state index is -0.505. The van der Waals surface area contributed by atoms with Crippen LogP contribution in [0.15, 0.2) is 48.5 Å². The number of nitrogens with two attached hydrogens (primary N) is 2. The van der Waals surface area contributed by atoms with Crippen molar-refractivity contribution in [3.05, 3.63) is 59.7 Å².